The van der Waals surface area contributed by atoms with Crippen LogP contribution in [0, 0.1) is 0 Å². The molecule has 0 saturated carbocycles. The molecule has 0 radical (unpaired) electrons. The van der Waals surface area contributed by atoms with Crippen LogP contribution in [0.2, 0.25) is 0 Å². The maximum atomic E-state index is 13.0. The summed E-state index contributed by atoms with van der Waals surface area (Å²) in [6, 6.07) is 12.1. The molecule has 2 N–H and O–H groups in total. The number of hydrogen-bond acceptors (Lipinski definition) is 6. The number of sulfonamides is 1. The van der Waals surface area contributed by atoms with Gasteiger partial charge < -0.3 is 10.6 Å². The van der Waals surface area contributed by atoms with Crippen LogP contribution in [0.5, 0.6) is 0 Å². The minimum Gasteiger partial charge on any atom is -0.324 e. The highest BCUT2D eigenvalue weighted by Gasteiger charge is 2.30. The number of nitrogens with one attached hydrogen (secondary N) is 2. The first-order valence-electron chi connectivity index (χ1n) is 11.4. The van der Waals surface area contributed by atoms with Gasteiger partial charge in [-0.3, -0.25) is 9.59 Å². The zero-order chi connectivity index (χ0) is 25.0. The molecule has 1 aliphatic heterocycles. The predicted molar refractivity (Wildman–Crippen MR) is 131 cm³/mol. The van der Waals surface area contributed by atoms with Gasteiger partial charge in [-0.1, -0.05) is 6.42 Å². The van der Waals surface area contributed by atoms with Crippen molar-refractivity contribution in [1.82, 2.24) is 19.1 Å². The van der Waals surface area contributed by atoms with Crippen LogP contribution < -0.4 is 10.6 Å². The van der Waals surface area contributed by atoms with E-state index >= 15 is 0 Å². The first kappa shape index (κ1) is 24.6. The Balaban J connectivity index is 1.37. The molecule has 4 rings (SSSR count). The Morgan fingerprint density at radius 2 is 1.66 bits per heavy atom. The molecule has 3 aromatic rings. The summed E-state index contributed by atoms with van der Waals surface area (Å²) in [6.07, 6.45) is 5.57. The summed E-state index contributed by atoms with van der Waals surface area (Å²) in [4.78, 5) is 29.0. The Kier molecular flexibility index (Phi) is 7.27. The summed E-state index contributed by atoms with van der Waals surface area (Å²) in [7, 11) is -3.59. The molecule has 2 heterocycles. The van der Waals surface area contributed by atoms with E-state index in [0.29, 0.717) is 23.5 Å². The van der Waals surface area contributed by atoms with Crippen molar-refractivity contribution in [1.29, 1.82) is 0 Å². The lowest BCUT2D eigenvalue weighted by Crippen LogP contribution is -2.41. The number of carbonyl (C=O) groups is 2. The van der Waals surface area contributed by atoms with Crippen molar-refractivity contribution in [3.05, 3.63) is 66.7 Å². The minimum atomic E-state index is -3.59. The highest BCUT2D eigenvalue weighted by Crippen LogP contribution is 2.25. The van der Waals surface area contributed by atoms with Crippen LogP contribution in [0.3, 0.4) is 0 Å². The second kappa shape index (κ2) is 10.4. The lowest BCUT2D eigenvalue weighted by Gasteiger charge is -2.32. The van der Waals surface area contributed by atoms with E-state index < -0.39 is 16.1 Å². The third kappa shape index (κ3) is 5.57. The lowest BCUT2D eigenvalue weighted by atomic mass is 10.1. The van der Waals surface area contributed by atoms with E-state index in [-0.39, 0.29) is 22.8 Å². The van der Waals surface area contributed by atoms with Crippen molar-refractivity contribution in [2.24, 2.45) is 0 Å². The Bertz CT molecular complexity index is 1270. The van der Waals surface area contributed by atoms with Gasteiger partial charge in [-0.25, -0.2) is 18.1 Å². The normalized spacial score (nSPS) is 17.5. The number of rotatable bonds is 7. The highest BCUT2D eigenvalue weighted by atomic mass is 32.2. The number of carbonyl (C=O) groups excluding carboxylic acids is 2. The van der Waals surface area contributed by atoms with Crippen molar-refractivity contribution < 1.29 is 18.0 Å². The smallest absolute Gasteiger partial charge is 0.255 e. The summed E-state index contributed by atoms with van der Waals surface area (Å²) in [5.74, 6) is -0.613. The van der Waals surface area contributed by atoms with Crippen molar-refractivity contribution in [2.45, 2.75) is 50.1 Å². The van der Waals surface area contributed by atoms with Gasteiger partial charge in [0.15, 0.2) is 0 Å². The molecule has 0 spiro atoms. The molecule has 1 saturated heterocycles. The van der Waals surface area contributed by atoms with E-state index in [1.165, 1.54) is 41.6 Å². The molecule has 35 heavy (non-hydrogen) atoms. The molecule has 0 aliphatic carbocycles. The maximum Gasteiger partial charge on any atom is 0.255 e. The summed E-state index contributed by atoms with van der Waals surface area (Å²) in [5.41, 5.74) is 1.45. The maximum absolute atomic E-state index is 13.0. The fraction of sp³-hybridized carbons (Fsp3) is 0.333. The van der Waals surface area contributed by atoms with Crippen LogP contribution in [0.15, 0.2) is 66.1 Å². The molecule has 2 amide bonds. The molecule has 2 unspecified atom stereocenters. The van der Waals surface area contributed by atoms with Gasteiger partial charge in [0.25, 0.3) is 5.91 Å². The third-order valence-electron chi connectivity index (χ3n) is 6.09. The van der Waals surface area contributed by atoms with Gasteiger partial charge in [0.1, 0.15) is 18.7 Å². The quantitative estimate of drug-likeness (QED) is 0.517. The number of piperidine rings is 1. The van der Waals surface area contributed by atoms with Gasteiger partial charge in [-0.05, 0) is 75.2 Å². The molecule has 1 fully saturated rings. The van der Waals surface area contributed by atoms with Gasteiger partial charge in [-0.2, -0.15) is 9.40 Å². The average molecular weight is 497 g/mol. The average Bonchev–Trinajstić information content (AvgIpc) is 3.40. The van der Waals surface area contributed by atoms with E-state index in [1.807, 2.05) is 6.92 Å². The van der Waals surface area contributed by atoms with Gasteiger partial charge in [-0.15, -0.1) is 0 Å². The third-order valence-corrected chi connectivity index (χ3v) is 8.12. The lowest BCUT2D eigenvalue weighted by molar-refractivity contribution is -0.119. The van der Waals surface area contributed by atoms with E-state index in [1.54, 1.807) is 35.5 Å². The number of aromatic nitrogens is 3. The van der Waals surface area contributed by atoms with E-state index in [4.69, 9.17) is 0 Å². The monoisotopic (exact) mass is 496 g/mol. The topological polar surface area (TPSA) is 126 Å². The van der Waals surface area contributed by atoms with Gasteiger partial charge in [0.05, 0.1) is 4.90 Å². The van der Waals surface area contributed by atoms with Crippen molar-refractivity contribution in [3.63, 3.8) is 0 Å². The molecule has 184 valence electrons. The van der Waals surface area contributed by atoms with Gasteiger partial charge >= 0.3 is 0 Å². The molecule has 2 aromatic carbocycles. The number of anilines is 2. The zero-order valence-electron chi connectivity index (χ0n) is 19.6. The molecule has 10 nitrogen and oxygen atoms in total. The van der Waals surface area contributed by atoms with Crippen LogP contribution in [-0.4, -0.2) is 51.9 Å². The van der Waals surface area contributed by atoms with Crippen LogP contribution in [-0.2, 0) is 14.8 Å². The number of benzene rings is 2. The molecular formula is C24H28N6O4S. The van der Waals surface area contributed by atoms with Crippen molar-refractivity contribution in [2.75, 3.05) is 17.2 Å². The largest absolute Gasteiger partial charge is 0.324 e. The Morgan fingerprint density at radius 3 is 2.26 bits per heavy atom. The predicted octanol–water partition coefficient (Wildman–Crippen LogP) is 3.29. The zero-order valence-corrected chi connectivity index (χ0v) is 20.4. The highest BCUT2D eigenvalue weighted by molar-refractivity contribution is 7.89. The van der Waals surface area contributed by atoms with E-state index in [9.17, 15) is 18.0 Å². The summed E-state index contributed by atoms with van der Waals surface area (Å²) in [6.45, 7) is 4.15. The minimum absolute atomic E-state index is 0.0322. The van der Waals surface area contributed by atoms with E-state index in [2.05, 4.69) is 20.7 Å². The fourth-order valence-electron chi connectivity index (χ4n) is 3.97. The van der Waals surface area contributed by atoms with Crippen LogP contribution >= 0.6 is 0 Å². The molecular weight excluding hydrogens is 468 g/mol. The number of amides is 2. The first-order chi connectivity index (χ1) is 16.8. The van der Waals surface area contributed by atoms with E-state index in [0.717, 1.165) is 19.3 Å². The van der Waals surface area contributed by atoms with Crippen LogP contribution in [0.1, 0.15) is 49.5 Å². The molecule has 1 aliphatic rings. The van der Waals surface area contributed by atoms with Gasteiger partial charge in [0.2, 0.25) is 15.9 Å². The first-order valence-corrected chi connectivity index (χ1v) is 12.9. The van der Waals surface area contributed by atoms with Crippen LogP contribution in [0.4, 0.5) is 11.4 Å². The Morgan fingerprint density at radius 1 is 1.00 bits per heavy atom. The molecule has 0 bridgehead atoms. The number of nitrogens with zero attached hydrogens (tertiary/aromatic N) is 4. The number of hydrogen-bond donors (Lipinski definition) is 2. The molecule has 11 heteroatoms. The summed E-state index contributed by atoms with van der Waals surface area (Å²) in [5, 5.41) is 9.53. The second-order valence-electron chi connectivity index (χ2n) is 8.56. The summed E-state index contributed by atoms with van der Waals surface area (Å²) < 4.78 is 28.9. The SMILES string of the molecule is CC1CCCCN1S(=O)(=O)c1ccc(C(=O)Nc2ccc(NC(=O)C(C)n3cncn3)cc2)cc1. The summed E-state index contributed by atoms with van der Waals surface area (Å²) >= 11 is 0. The second-order valence-corrected chi connectivity index (χ2v) is 10.4. The standard InChI is InChI=1S/C24H28N6O4S/c1-17-5-3-4-14-30(17)35(33,34)22-12-6-19(7-13-22)24(32)28-21-10-8-20(9-11-21)27-23(31)18(2)29-16-25-15-26-29/h6-13,15-18H,3-5,14H2,1-2H3,(H,27,31)(H,28,32). The Labute approximate surface area is 204 Å². The van der Waals surface area contributed by atoms with Gasteiger partial charge in [0, 0.05) is 29.5 Å². The molecule has 1 aromatic heterocycles. The van der Waals surface area contributed by atoms with Crippen molar-refractivity contribution in [3.8, 4) is 0 Å². The Hall–Kier alpha value is -3.57. The van der Waals surface area contributed by atoms with Crippen molar-refractivity contribution >= 4 is 33.2 Å². The molecule has 2 atom stereocenters. The van der Waals surface area contributed by atoms with Crippen LogP contribution in [0.25, 0.3) is 0 Å². The fourth-order valence-corrected chi connectivity index (χ4v) is 5.67.